The Labute approximate surface area is 155 Å². The van der Waals surface area contributed by atoms with Crippen molar-refractivity contribution in [2.45, 2.75) is 31.7 Å². The minimum absolute atomic E-state index is 0.0223. The minimum atomic E-state index is -5.18. The van der Waals surface area contributed by atoms with Crippen LogP contribution in [0, 0.1) is 0 Å². The van der Waals surface area contributed by atoms with Crippen molar-refractivity contribution in [3.05, 3.63) is 64.7 Å². The zero-order valence-corrected chi connectivity index (χ0v) is 14.1. The highest BCUT2D eigenvalue weighted by atomic mass is 19.4. The normalized spacial score (nSPS) is 15.1. The molecular formula is C18H14F6N2O2. The van der Waals surface area contributed by atoms with Crippen LogP contribution in [0.25, 0.3) is 0 Å². The number of halogens is 6. The summed E-state index contributed by atoms with van der Waals surface area (Å²) in [6.45, 7) is 1.06. The molecule has 1 heterocycles. The van der Waals surface area contributed by atoms with Crippen molar-refractivity contribution in [3.63, 3.8) is 0 Å². The van der Waals surface area contributed by atoms with Gasteiger partial charge in [0.2, 0.25) is 0 Å². The van der Waals surface area contributed by atoms with Crippen molar-refractivity contribution in [2.24, 2.45) is 0 Å². The molecule has 2 N–H and O–H groups in total. The maximum Gasteiger partial charge on any atom is 0.573 e. The van der Waals surface area contributed by atoms with Crippen molar-refractivity contribution >= 4 is 5.91 Å². The summed E-state index contributed by atoms with van der Waals surface area (Å²) in [4.78, 5) is 12.4. The third kappa shape index (κ3) is 4.56. The molecule has 0 radical (unpaired) electrons. The number of amides is 1. The van der Waals surface area contributed by atoms with Crippen molar-refractivity contribution in [2.75, 3.05) is 0 Å². The molecule has 28 heavy (non-hydrogen) atoms. The summed E-state index contributed by atoms with van der Waals surface area (Å²) in [7, 11) is 0. The first kappa shape index (κ1) is 20.0. The molecule has 0 aromatic heterocycles. The van der Waals surface area contributed by atoms with E-state index in [2.05, 4.69) is 10.1 Å². The monoisotopic (exact) mass is 404 g/mol. The quantitative estimate of drug-likeness (QED) is 0.751. The summed E-state index contributed by atoms with van der Waals surface area (Å²) in [6.07, 6.45) is -10.2. The number of alkyl halides is 6. The summed E-state index contributed by atoms with van der Waals surface area (Å²) >= 11 is 0. The van der Waals surface area contributed by atoms with Gasteiger partial charge in [0.15, 0.2) is 6.04 Å². The van der Waals surface area contributed by atoms with Crippen LogP contribution in [0.3, 0.4) is 0 Å². The number of carbonyl (C=O) groups excluding carboxylic acids is 1. The maximum absolute atomic E-state index is 13.6. The van der Waals surface area contributed by atoms with Crippen molar-refractivity contribution in [3.8, 4) is 5.75 Å². The van der Waals surface area contributed by atoms with Gasteiger partial charge in [-0.05, 0) is 29.3 Å². The van der Waals surface area contributed by atoms with Gasteiger partial charge in [-0.15, -0.1) is 13.2 Å². The lowest BCUT2D eigenvalue weighted by molar-refractivity contribution is -0.275. The second kappa shape index (κ2) is 7.34. The van der Waals surface area contributed by atoms with Crippen molar-refractivity contribution < 1.29 is 35.9 Å². The molecule has 1 aliphatic heterocycles. The van der Waals surface area contributed by atoms with Crippen molar-refractivity contribution in [1.29, 1.82) is 0 Å². The molecule has 4 nitrogen and oxygen atoms in total. The molecule has 2 aromatic carbocycles. The van der Waals surface area contributed by atoms with E-state index >= 15 is 0 Å². The largest absolute Gasteiger partial charge is 0.573 e. The summed E-state index contributed by atoms with van der Waals surface area (Å²) in [5, 5.41) is 4.81. The van der Waals surface area contributed by atoms with Gasteiger partial charge in [-0.3, -0.25) is 4.79 Å². The van der Waals surface area contributed by atoms with Gasteiger partial charge >= 0.3 is 12.5 Å². The van der Waals surface area contributed by atoms with E-state index in [9.17, 15) is 31.1 Å². The number of hydrogen-bond acceptors (Lipinski definition) is 3. The fourth-order valence-electron chi connectivity index (χ4n) is 2.92. The first-order valence-electron chi connectivity index (χ1n) is 8.09. The summed E-state index contributed by atoms with van der Waals surface area (Å²) in [5.74, 6) is -2.09. The lowest BCUT2D eigenvalue weighted by atomic mass is 10.0. The molecular weight excluding hydrogens is 390 g/mol. The van der Waals surface area contributed by atoms with Gasteiger partial charge in [-0.1, -0.05) is 24.3 Å². The third-order valence-electron chi connectivity index (χ3n) is 4.16. The number of nitrogens with one attached hydrogen (secondary N) is 2. The van der Waals surface area contributed by atoms with Gasteiger partial charge in [0, 0.05) is 24.2 Å². The van der Waals surface area contributed by atoms with Crippen LogP contribution >= 0.6 is 0 Å². The van der Waals surface area contributed by atoms with E-state index < -0.39 is 35.8 Å². The Balaban J connectivity index is 1.91. The van der Waals surface area contributed by atoms with Crippen LogP contribution in [-0.4, -0.2) is 18.4 Å². The molecule has 0 aliphatic carbocycles. The van der Waals surface area contributed by atoms with Gasteiger partial charge in [0.1, 0.15) is 5.75 Å². The van der Waals surface area contributed by atoms with Crippen LogP contribution in [0.2, 0.25) is 0 Å². The highest BCUT2D eigenvalue weighted by Gasteiger charge is 2.44. The molecule has 10 heteroatoms. The Morgan fingerprint density at radius 1 is 1.00 bits per heavy atom. The van der Waals surface area contributed by atoms with E-state index in [-0.39, 0.29) is 5.56 Å². The van der Waals surface area contributed by atoms with E-state index in [0.717, 1.165) is 35.4 Å². The van der Waals surface area contributed by atoms with Crippen LogP contribution in [0.15, 0.2) is 42.5 Å². The Morgan fingerprint density at radius 3 is 2.36 bits per heavy atom. The average Bonchev–Trinajstić information content (AvgIpc) is 3.05. The van der Waals surface area contributed by atoms with E-state index in [1.54, 1.807) is 11.4 Å². The first-order valence-corrected chi connectivity index (χ1v) is 8.09. The summed E-state index contributed by atoms with van der Waals surface area (Å²) < 4.78 is 82.0. The molecule has 0 bridgehead atoms. The molecule has 0 fully saturated rings. The van der Waals surface area contributed by atoms with Crippen LogP contribution in [0.1, 0.15) is 33.1 Å². The fraction of sp³-hybridized carbons (Fsp3) is 0.278. The number of para-hydroxylation sites is 1. The molecule has 1 amide bonds. The van der Waals surface area contributed by atoms with E-state index in [4.69, 9.17) is 0 Å². The number of carbonyl (C=O) groups is 1. The summed E-state index contributed by atoms with van der Waals surface area (Å²) in [6, 6.07) is 5.58. The number of benzene rings is 2. The van der Waals surface area contributed by atoms with Gasteiger partial charge in [0.25, 0.3) is 5.91 Å². The second-order valence-corrected chi connectivity index (χ2v) is 6.12. The summed E-state index contributed by atoms with van der Waals surface area (Å²) in [5.41, 5.74) is 0.833. The highest BCUT2D eigenvalue weighted by Crippen LogP contribution is 2.39. The molecule has 0 unspecified atom stereocenters. The Morgan fingerprint density at radius 2 is 1.68 bits per heavy atom. The molecule has 3 rings (SSSR count). The average molecular weight is 404 g/mol. The van der Waals surface area contributed by atoms with Gasteiger partial charge in [0.05, 0.1) is 0 Å². The fourth-order valence-corrected chi connectivity index (χ4v) is 2.92. The minimum Gasteiger partial charge on any atom is -0.405 e. The van der Waals surface area contributed by atoms with Crippen molar-refractivity contribution in [1.82, 2.24) is 10.6 Å². The van der Waals surface area contributed by atoms with Gasteiger partial charge < -0.3 is 15.4 Å². The molecule has 1 atom stereocenters. The lowest BCUT2D eigenvalue weighted by Crippen LogP contribution is -2.38. The molecule has 1 aliphatic rings. The van der Waals surface area contributed by atoms with Gasteiger partial charge in [-0.2, -0.15) is 13.2 Å². The number of ether oxygens (including phenoxy) is 1. The number of hydrogen-bond donors (Lipinski definition) is 2. The number of rotatable bonds is 4. The molecule has 150 valence electrons. The predicted molar refractivity (Wildman–Crippen MR) is 86.4 cm³/mol. The standard InChI is InChI=1S/C18H14F6N2O2/c19-17(20,21)15(13-3-1-2-4-14(13)28-18(22,23)24)26-16(27)10-5-6-11-8-25-9-12(11)7-10/h1-7,15,25H,8-9H2,(H,26,27)/t15-/m1/s1. The van der Waals surface area contributed by atoms with Crippen LogP contribution in [0.5, 0.6) is 5.75 Å². The van der Waals surface area contributed by atoms with Gasteiger partial charge in [-0.25, -0.2) is 0 Å². The molecule has 2 aromatic rings. The smallest absolute Gasteiger partial charge is 0.405 e. The topological polar surface area (TPSA) is 50.4 Å². The molecule has 0 spiro atoms. The molecule has 0 saturated carbocycles. The highest BCUT2D eigenvalue weighted by molar-refractivity contribution is 5.94. The van der Waals surface area contributed by atoms with Crippen LogP contribution in [0.4, 0.5) is 26.3 Å². The zero-order valence-electron chi connectivity index (χ0n) is 14.1. The van der Waals surface area contributed by atoms with E-state index in [1.165, 1.54) is 12.1 Å². The maximum atomic E-state index is 13.6. The lowest BCUT2D eigenvalue weighted by Gasteiger charge is -2.24. The predicted octanol–water partition coefficient (Wildman–Crippen LogP) is 4.22. The van der Waals surface area contributed by atoms with Crippen LogP contribution in [-0.2, 0) is 13.1 Å². The van der Waals surface area contributed by atoms with E-state index in [1.807, 2.05) is 0 Å². The Kier molecular flexibility index (Phi) is 5.24. The first-order chi connectivity index (χ1) is 13.0. The zero-order chi connectivity index (χ0) is 20.5. The van der Waals surface area contributed by atoms with E-state index in [0.29, 0.717) is 13.1 Å². The third-order valence-corrected chi connectivity index (χ3v) is 4.16. The molecule has 0 saturated heterocycles. The SMILES string of the molecule is O=C(N[C@H](c1ccccc1OC(F)(F)F)C(F)(F)F)c1ccc2c(c1)CNC2. The Bertz CT molecular complexity index is 879. The van der Waals surface area contributed by atoms with Crippen LogP contribution < -0.4 is 15.4 Å². The second-order valence-electron chi connectivity index (χ2n) is 6.12. The number of fused-ring (bicyclic) bond motifs is 1. The Hall–Kier alpha value is -2.75.